The highest BCUT2D eigenvalue weighted by molar-refractivity contribution is 7.89. The first-order chi connectivity index (χ1) is 14.9. The number of aromatic nitrogens is 2. The Labute approximate surface area is 180 Å². The summed E-state index contributed by atoms with van der Waals surface area (Å²) in [7, 11) is -3.66. The number of sulfonamides is 1. The van der Waals surface area contributed by atoms with Crippen LogP contribution in [0.5, 0.6) is 5.88 Å². The molecule has 1 amide bonds. The second-order valence-corrected chi connectivity index (χ2v) is 8.93. The summed E-state index contributed by atoms with van der Waals surface area (Å²) >= 11 is 0. The first kappa shape index (κ1) is 21.2. The van der Waals surface area contributed by atoms with Gasteiger partial charge in [0.05, 0.1) is 29.0 Å². The fraction of sp³-hybridized carbons (Fsp3) is 0.286. The third-order valence-electron chi connectivity index (χ3n) is 4.87. The third kappa shape index (κ3) is 4.66. The molecule has 1 aliphatic rings. The molecule has 2 aromatic carbocycles. The maximum atomic E-state index is 12.8. The molecule has 1 aromatic heterocycles. The van der Waals surface area contributed by atoms with E-state index in [0.29, 0.717) is 48.8 Å². The van der Waals surface area contributed by atoms with Crippen LogP contribution in [0.2, 0.25) is 0 Å². The zero-order valence-corrected chi connectivity index (χ0v) is 17.7. The summed E-state index contributed by atoms with van der Waals surface area (Å²) in [5.41, 5.74) is 1.07. The highest BCUT2D eigenvalue weighted by Crippen LogP contribution is 2.23. The van der Waals surface area contributed by atoms with Gasteiger partial charge in [0.15, 0.2) is 6.10 Å². The Bertz CT molecular complexity index is 1190. The lowest BCUT2D eigenvalue weighted by Gasteiger charge is -2.26. The molecule has 9 nitrogen and oxygen atoms in total. The topological polar surface area (TPSA) is 111 Å². The van der Waals surface area contributed by atoms with Crippen molar-refractivity contribution in [2.75, 3.05) is 31.6 Å². The molecule has 0 unspecified atom stereocenters. The third-order valence-corrected chi connectivity index (χ3v) is 6.77. The van der Waals surface area contributed by atoms with Gasteiger partial charge < -0.3 is 14.8 Å². The number of rotatable bonds is 6. The van der Waals surface area contributed by atoms with Gasteiger partial charge in [0.25, 0.3) is 5.91 Å². The molecule has 0 radical (unpaired) electrons. The zero-order chi connectivity index (χ0) is 21.8. The lowest BCUT2D eigenvalue weighted by Crippen LogP contribution is -2.40. The van der Waals surface area contributed by atoms with E-state index in [9.17, 15) is 13.2 Å². The van der Waals surface area contributed by atoms with E-state index < -0.39 is 22.0 Å². The summed E-state index contributed by atoms with van der Waals surface area (Å²) in [6.45, 7) is 2.93. The van der Waals surface area contributed by atoms with Crippen LogP contribution in [0.1, 0.15) is 6.92 Å². The Kier molecular flexibility index (Phi) is 6.12. The number of morpholine rings is 1. The van der Waals surface area contributed by atoms with Gasteiger partial charge in [0, 0.05) is 18.8 Å². The van der Waals surface area contributed by atoms with Crippen LogP contribution in [0.25, 0.3) is 10.9 Å². The standard InChI is InChI=1S/C21H22N4O5S/c1-15(30-21-18-7-2-3-8-19(18)22-14-23-21)20(26)24-16-5-4-6-17(13-16)31(27,28)25-9-11-29-12-10-25/h2-8,13-15H,9-12H2,1H3,(H,24,26)/t15-/m1/s1. The molecule has 0 aliphatic carbocycles. The molecule has 2 heterocycles. The fourth-order valence-electron chi connectivity index (χ4n) is 3.21. The molecule has 1 saturated heterocycles. The van der Waals surface area contributed by atoms with E-state index in [1.807, 2.05) is 24.3 Å². The van der Waals surface area contributed by atoms with Crippen molar-refractivity contribution in [3.8, 4) is 5.88 Å². The number of ether oxygens (including phenoxy) is 2. The Morgan fingerprint density at radius 2 is 1.90 bits per heavy atom. The summed E-state index contributed by atoms with van der Waals surface area (Å²) < 4.78 is 38.0. The second-order valence-electron chi connectivity index (χ2n) is 6.99. The molecule has 4 rings (SSSR count). The van der Waals surface area contributed by atoms with Crippen LogP contribution in [0.15, 0.2) is 59.8 Å². The van der Waals surface area contributed by atoms with Crippen molar-refractivity contribution in [2.45, 2.75) is 17.9 Å². The van der Waals surface area contributed by atoms with E-state index in [4.69, 9.17) is 9.47 Å². The number of nitrogens with one attached hydrogen (secondary N) is 1. The van der Waals surface area contributed by atoms with Gasteiger partial charge in [0.1, 0.15) is 6.33 Å². The number of benzene rings is 2. The van der Waals surface area contributed by atoms with E-state index in [-0.39, 0.29) is 4.90 Å². The van der Waals surface area contributed by atoms with Crippen molar-refractivity contribution < 1.29 is 22.7 Å². The van der Waals surface area contributed by atoms with Gasteiger partial charge in [-0.05, 0) is 37.3 Å². The van der Waals surface area contributed by atoms with E-state index in [1.165, 1.54) is 22.8 Å². The van der Waals surface area contributed by atoms with Gasteiger partial charge in [-0.25, -0.2) is 18.4 Å². The Morgan fingerprint density at radius 1 is 1.13 bits per heavy atom. The smallest absolute Gasteiger partial charge is 0.265 e. The number of anilines is 1. The minimum atomic E-state index is -3.66. The van der Waals surface area contributed by atoms with Gasteiger partial charge in [-0.15, -0.1) is 0 Å². The number of hydrogen-bond donors (Lipinski definition) is 1. The predicted octanol–water partition coefficient (Wildman–Crippen LogP) is 2.06. The first-order valence-corrected chi connectivity index (χ1v) is 11.2. The quantitative estimate of drug-likeness (QED) is 0.622. The van der Waals surface area contributed by atoms with Crippen LogP contribution in [-0.2, 0) is 19.6 Å². The summed E-state index contributed by atoms with van der Waals surface area (Å²) in [5.74, 6) is -0.125. The van der Waals surface area contributed by atoms with Crippen molar-refractivity contribution >= 4 is 32.5 Å². The van der Waals surface area contributed by atoms with Gasteiger partial charge >= 0.3 is 0 Å². The molecule has 1 aliphatic heterocycles. The fourth-order valence-corrected chi connectivity index (χ4v) is 4.66. The van der Waals surface area contributed by atoms with E-state index in [2.05, 4.69) is 15.3 Å². The minimum Gasteiger partial charge on any atom is -0.464 e. The van der Waals surface area contributed by atoms with Crippen molar-refractivity contribution in [2.24, 2.45) is 0 Å². The molecule has 0 bridgehead atoms. The van der Waals surface area contributed by atoms with Gasteiger partial charge in [-0.3, -0.25) is 4.79 Å². The average molecular weight is 442 g/mol. The summed E-state index contributed by atoms with van der Waals surface area (Å²) in [6, 6.07) is 13.5. The van der Waals surface area contributed by atoms with Gasteiger partial charge in [-0.2, -0.15) is 4.31 Å². The molecular formula is C21H22N4O5S. The Balaban J connectivity index is 1.47. The van der Waals surface area contributed by atoms with Gasteiger partial charge in [-0.1, -0.05) is 18.2 Å². The SMILES string of the molecule is C[C@@H](Oc1ncnc2ccccc12)C(=O)Nc1cccc(S(=O)(=O)N2CCOCC2)c1. The Hall–Kier alpha value is -3.08. The maximum Gasteiger partial charge on any atom is 0.265 e. The normalized spacial score (nSPS) is 16.0. The molecular weight excluding hydrogens is 420 g/mol. The van der Waals surface area contributed by atoms with Gasteiger partial charge in [0.2, 0.25) is 15.9 Å². The van der Waals surface area contributed by atoms with Crippen LogP contribution < -0.4 is 10.1 Å². The van der Waals surface area contributed by atoms with E-state index in [1.54, 1.807) is 19.1 Å². The number of hydrogen-bond acceptors (Lipinski definition) is 7. The van der Waals surface area contributed by atoms with Crippen LogP contribution in [-0.4, -0.2) is 61.0 Å². The largest absolute Gasteiger partial charge is 0.464 e. The summed E-state index contributed by atoms with van der Waals surface area (Å²) in [5, 5.41) is 3.41. The van der Waals surface area contributed by atoms with Crippen molar-refractivity contribution in [3.05, 3.63) is 54.9 Å². The number of carbonyl (C=O) groups excluding carboxylic acids is 1. The molecule has 10 heteroatoms. The lowest BCUT2D eigenvalue weighted by molar-refractivity contribution is -0.122. The number of nitrogens with zero attached hydrogens (tertiary/aromatic N) is 3. The highest BCUT2D eigenvalue weighted by atomic mass is 32.2. The molecule has 3 aromatic rings. The monoisotopic (exact) mass is 442 g/mol. The predicted molar refractivity (Wildman–Crippen MR) is 114 cm³/mol. The average Bonchev–Trinajstić information content (AvgIpc) is 2.80. The summed E-state index contributed by atoms with van der Waals surface area (Å²) in [6.07, 6.45) is 0.514. The van der Waals surface area contributed by atoms with E-state index >= 15 is 0 Å². The number of fused-ring (bicyclic) bond motifs is 1. The van der Waals surface area contributed by atoms with E-state index in [0.717, 1.165) is 0 Å². The number of amides is 1. The lowest BCUT2D eigenvalue weighted by atomic mass is 10.2. The molecule has 162 valence electrons. The van der Waals surface area contributed by atoms with Crippen LogP contribution >= 0.6 is 0 Å². The maximum absolute atomic E-state index is 12.8. The van der Waals surface area contributed by atoms with Crippen molar-refractivity contribution in [1.82, 2.24) is 14.3 Å². The molecule has 1 fully saturated rings. The van der Waals surface area contributed by atoms with Crippen LogP contribution in [0.3, 0.4) is 0 Å². The molecule has 1 atom stereocenters. The summed E-state index contributed by atoms with van der Waals surface area (Å²) in [4.78, 5) is 21.1. The molecule has 31 heavy (non-hydrogen) atoms. The molecule has 1 N–H and O–H groups in total. The van der Waals surface area contributed by atoms with Crippen molar-refractivity contribution in [1.29, 1.82) is 0 Å². The van der Waals surface area contributed by atoms with Crippen LogP contribution in [0, 0.1) is 0 Å². The molecule has 0 saturated carbocycles. The van der Waals surface area contributed by atoms with Crippen LogP contribution in [0.4, 0.5) is 5.69 Å². The first-order valence-electron chi connectivity index (χ1n) is 9.80. The highest BCUT2D eigenvalue weighted by Gasteiger charge is 2.26. The second kappa shape index (κ2) is 8.96. The number of carbonyl (C=O) groups is 1. The Morgan fingerprint density at radius 3 is 2.71 bits per heavy atom. The minimum absolute atomic E-state index is 0.113. The van der Waals surface area contributed by atoms with Crippen molar-refractivity contribution in [3.63, 3.8) is 0 Å². The zero-order valence-electron chi connectivity index (χ0n) is 16.9. The number of para-hydroxylation sites is 1. The molecule has 0 spiro atoms.